The lowest BCUT2D eigenvalue weighted by Gasteiger charge is -2.25. The van der Waals surface area contributed by atoms with Crippen LogP contribution in [0.3, 0.4) is 0 Å². The highest BCUT2D eigenvalue weighted by molar-refractivity contribution is 7.99. The molecule has 0 bridgehead atoms. The monoisotopic (exact) mass is 324 g/mol. The fraction of sp³-hybridized carbons (Fsp3) is 0.286. The minimum absolute atomic E-state index is 0.0955. The van der Waals surface area contributed by atoms with Crippen molar-refractivity contribution in [2.45, 2.75) is 23.9 Å². The Bertz CT molecular complexity index is 675. The molecule has 1 unspecified atom stereocenters. The molecule has 1 atom stereocenters. The van der Waals surface area contributed by atoms with Crippen LogP contribution in [0.25, 0.3) is 0 Å². The molecule has 0 fully saturated rings. The fourth-order valence-electron chi connectivity index (χ4n) is 2.36. The Hall–Kier alpha value is -1.44. The van der Waals surface area contributed by atoms with E-state index in [9.17, 15) is 14.5 Å². The highest BCUT2D eigenvalue weighted by Crippen LogP contribution is 2.36. The van der Waals surface area contributed by atoms with Crippen molar-refractivity contribution < 1.29 is 9.31 Å². The molecule has 2 heterocycles. The van der Waals surface area contributed by atoms with Gasteiger partial charge in [0, 0.05) is 28.4 Å². The molecule has 1 aliphatic rings. The number of thiophene rings is 1. The van der Waals surface area contributed by atoms with Crippen LogP contribution in [0.5, 0.6) is 0 Å². The third-order valence-corrected chi connectivity index (χ3v) is 5.52. The second kappa shape index (κ2) is 6.13. The first-order chi connectivity index (χ1) is 10.1. The van der Waals surface area contributed by atoms with Crippen LogP contribution in [0.1, 0.15) is 22.9 Å². The van der Waals surface area contributed by atoms with Crippen molar-refractivity contribution in [1.29, 1.82) is 0 Å². The summed E-state index contributed by atoms with van der Waals surface area (Å²) >= 11 is 2.91. The van der Waals surface area contributed by atoms with Crippen molar-refractivity contribution in [2.24, 2.45) is 0 Å². The quantitative estimate of drug-likeness (QED) is 0.679. The van der Waals surface area contributed by atoms with Crippen LogP contribution >= 0.6 is 23.1 Å². The second-order valence-corrected chi connectivity index (χ2v) is 7.03. The van der Waals surface area contributed by atoms with Gasteiger partial charge in [-0.05, 0) is 42.0 Å². The molecule has 3 rings (SSSR count). The Morgan fingerprint density at radius 2 is 2.24 bits per heavy atom. The third kappa shape index (κ3) is 3.25. The van der Waals surface area contributed by atoms with Crippen molar-refractivity contribution >= 4 is 28.1 Å². The van der Waals surface area contributed by atoms with Crippen LogP contribution in [0.2, 0.25) is 0 Å². The van der Waals surface area contributed by atoms with Crippen LogP contribution in [0.4, 0.5) is 9.39 Å². The molecule has 0 radical (unpaired) electrons. The summed E-state index contributed by atoms with van der Waals surface area (Å²) < 4.78 is 13.4. The first-order valence-electron chi connectivity index (χ1n) is 6.52. The lowest BCUT2D eigenvalue weighted by Crippen LogP contribution is -2.24. The van der Waals surface area contributed by atoms with E-state index in [1.807, 2.05) is 6.07 Å². The van der Waals surface area contributed by atoms with Gasteiger partial charge in [0.1, 0.15) is 5.82 Å². The Kier molecular flexibility index (Phi) is 4.23. The maximum Gasteiger partial charge on any atom is 0.324 e. The SMILES string of the molecule is O=[N+]([O-])c1ccc(CNC2CCSc3ccc(F)cc32)s1. The zero-order valence-electron chi connectivity index (χ0n) is 11.0. The van der Waals surface area contributed by atoms with E-state index in [0.717, 1.165) is 27.5 Å². The number of fused-ring (bicyclic) bond motifs is 1. The highest BCUT2D eigenvalue weighted by atomic mass is 32.2. The van der Waals surface area contributed by atoms with E-state index >= 15 is 0 Å². The number of hydrogen-bond acceptors (Lipinski definition) is 5. The summed E-state index contributed by atoms with van der Waals surface area (Å²) in [5.74, 6) is 0.760. The van der Waals surface area contributed by atoms with E-state index in [2.05, 4.69) is 5.32 Å². The number of nitro groups is 1. The predicted octanol–water partition coefficient (Wildman–Crippen LogP) is 4.12. The van der Waals surface area contributed by atoms with Gasteiger partial charge < -0.3 is 5.32 Å². The summed E-state index contributed by atoms with van der Waals surface area (Å²) in [6.07, 6.45) is 0.925. The highest BCUT2D eigenvalue weighted by Gasteiger charge is 2.21. The first kappa shape index (κ1) is 14.5. The molecule has 2 aromatic rings. The number of thioether (sulfide) groups is 1. The Morgan fingerprint density at radius 3 is 3.00 bits per heavy atom. The van der Waals surface area contributed by atoms with Gasteiger partial charge in [-0.25, -0.2) is 4.39 Å². The van der Waals surface area contributed by atoms with Crippen molar-refractivity contribution in [3.63, 3.8) is 0 Å². The van der Waals surface area contributed by atoms with E-state index in [-0.39, 0.29) is 21.8 Å². The second-order valence-electron chi connectivity index (χ2n) is 4.75. The lowest BCUT2D eigenvalue weighted by atomic mass is 10.0. The first-order valence-corrected chi connectivity index (χ1v) is 8.32. The molecule has 0 aliphatic carbocycles. The molecule has 110 valence electrons. The fourth-order valence-corrected chi connectivity index (χ4v) is 4.24. The largest absolute Gasteiger partial charge is 0.324 e. The molecule has 21 heavy (non-hydrogen) atoms. The van der Waals surface area contributed by atoms with Crippen LogP contribution < -0.4 is 5.32 Å². The van der Waals surface area contributed by atoms with Crippen LogP contribution in [0, 0.1) is 15.9 Å². The molecule has 0 saturated carbocycles. The minimum Gasteiger partial charge on any atom is -0.305 e. The van der Waals surface area contributed by atoms with E-state index in [4.69, 9.17) is 0 Å². The molecule has 0 saturated heterocycles. The predicted molar refractivity (Wildman–Crippen MR) is 82.3 cm³/mol. The summed E-state index contributed by atoms with van der Waals surface area (Å²) in [6.45, 7) is 0.559. The molecular formula is C14H13FN2O2S2. The summed E-state index contributed by atoms with van der Waals surface area (Å²) in [5, 5.41) is 14.2. The van der Waals surface area contributed by atoms with Gasteiger partial charge in [0.2, 0.25) is 0 Å². The number of nitrogens with zero attached hydrogens (tertiary/aromatic N) is 1. The van der Waals surface area contributed by atoms with E-state index < -0.39 is 0 Å². The van der Waals surface area contributed by atoms with Crippen molar-refractivity contribution in [2.75, 3.05) is 5.75 Å². The average Bonchev–Trinajstić information content (AvgIpc) is 2.94. The summed E-state index contributed by atoms with van der Waals surface area (Å²) in [4.78, 5) is 12.3. The zero-order valence-corrected chi connectivity index (χ0v) is 12.7. The summed E-state index contributed by atoms with van der Waals surface area (Å²) in [6, 6.07) is 8.26. The van der Waals surface area contributed by atoms with Crippen molar-refractivity contribution in [3.05, 3.63) is 56.7 Å². The molecule has 0 spiro atoms. The number of rotatable bonds is 4. The summed E-state index contributed by atoms with van der Waals surface area (Å²) in [7, 11) is 0. The minimum atomic E-state index is -0.379. The molecule has 4 nitrogen and oxygen atoms in total. The van der Waals surface area contributed by atoms with Gasteiger partial charge in [-0.1, -0.05) is 11.3 Å². The number of halogens is 1. The van der Waals surface area contributed by atoms with Crippen molar-refractivity contribution in [3.8, 4) is 0 Å². The van der Waals surface area contributed by atoms with Crippen LogP contribution in [-0.4, -0.2) is 10.7 Å². The topological polar surface area (TPSA) is 55.2 Å². The lowest BCUT2D eigenvalue weighted by molar-refractivity contribution is -0.380. The van der Waals surface area contributed by atoms with Crippen LogP contribution in [0.15, 0.2) is 35.2 Å². The standard InChI is InChI=1S/C14H13FN2O2S2/c15-9-1-3-13-11(7-9)12(5-6-20-13)16-8-10-2-4-14(21-10)17(18)19/h1-4,7,12,16H,5-6,8H2. The number of benzene rings is 1. The maximum absolute atomic E-state index is 13.4. The van der Waals surface area contributed by atoms with Gasteiger partial charge in [0.05, 0.1) is 4.92 Å². The average molecular weight is 324 g/mol. The molecule has 7 heteroatoms. The summed E-state index contributed by atoms with van der Waals surface area (Å²) in [5.41, 5.74) is 0.984. The molecular weight excluding hydrogens is 311 g/mol. The Morgan fingerprint density at radius 1 is 1.38 bits per heavy atom. The molecule has 1 aromatic carbocycles. The molecule has 1 aliphatic heterocycles. The van der Waals surface area contributed by atoms with Gasteiger partial charge in [-0.3, -0.25) is 10.1 Å². The normalized spacial score (nSPS) is 17.5. The van der Waals surface area contributed by atoms with E-state index in [1.165, 1.54) is 23.5 Å². The third-order valence-electron chi connectivity index (χ3n) is 3.36. The van der Waals surface area contributed by atoms with Gasteiger partial charge in [0.25, 0.3) is 0 Å². The Labute approximate surface area is 129 Å². The smallest absolute Gasteiger partial charge is 0.305 e. The van der Waals surface area contributed by atoms with Gasteiger partial charge in [-0.2, -0.15) is 0 Å². The Balaban J connectivity index is 1.71. The van der Waals surface area contributed by atoms with Crippen molar-refractivity contribution in [1.82, 2.24) is 5.32 Å². The molecule has 1 aromatic heterocycles. The van der Waals surface area contributed by atoms with E-state index in [1.54, 1.807) is 23.9 Å². The molecule has 1 N–H and O–H groups in total. The molecule has 0 amide bonds. The van der Waals surface area contributed by atoms with Gasteiger partial charge in [-0.15, -0.1) is 11.8 Å². The van der Waals surface area contributed by atoms with Gasteiger partial charge in [0.15, 0.2) is 0 Å². The maximum atomic E-state index is 13.4. The zero-order chi connectivity index (χ0) is 14.8. The van der Waals surface area contributed by atoms with E-state index in [0.29, 0.717) is 6.54 Å². The van der Waals surface area contributed by atoms with Crippen LogP contribution in [-0.2, 0) is 6.54 Å². The number of hydrogen-bond donors (Lipinski definition) is 1. The number of nitrogens with one attached hydrogen (secondary N) is 1. The van der Waals surface area contributed by atoms with Gasteiger partial charge >= 0.3 is 5.00 Å².